The number of carbonyl (C=O) groups is 1. The smallest absolute Gasteiger partial charge is 0.410 e. The fraction of sp³-hybridized carbons (Fsp3) is 0.125. The lowest BCUT2D eigenvalue weighted by atomic mass is 10.1. The molecule has 0 bridgehead atoms. The molecule has 1 amide bonds. The van der Waals surface area contributed by atoms with Gasteiger partial charge in [-0.05, 0) is 12.1 Å². The summed E-state index contributed by atoms with van der Waals surface area (Å²) in [6, 6.07) is 4.00. The van der Waals surface area contributed by atoms with Crippen LogP contribution in [0.15, 0.2) is 18.2 Å². The van der Waals surface area contributed by atoms with Crippen LogP contribution in [0.5, 0.6) is 5.75 Å². The maximum atomic E-state index is 13.1. The van der Waals surface area contributed by atoms with Gasteiger partial charge < -0.3 is 9.84 Å². The number of benzene rings is 1. The number of hydrogen-bond donors (Lipinski definition) is 2. The lowest BCUT2D eigenvalue weighted by Gasteiger charge is -2.21. The van der Waals surface area contributed by atoms with E-state index in [1.165, 1.54) is 18.2 Å². The number of ether oxygens (including phenoxy) is 1. The molecule has 0 saturated heterocycles. The third kappa shape index (κ3) is 1.23. The van der Waals surface area contributed by atoms with Crippen LogP contribution in [0.2, 0.25) is 0 Å². The fourth-order valence-electron chi connectivity index (χ4n) is 1.18. The minimum atomic E-state index is -1.34. The molecule has 13 heavy (non-hydrogen) atoms. The largest absolute Gasteiger partial charge is 0.414 e. The van der Waals surface area contributed by atoms with Crippen molar-refractivity contribution in [3.05, 3.63) is 29.6 Å². The molecule has 2 rings (SSSR count). The number of nitrogens with one attached hydrogen (secondary N) is 1. The summed E-state index contributed by atoms with van der Waals surface area (Å²) in [6.45, 7) is 0. The van der Waals surface area contributed by atoms with E-state index in [2.05, 4.69) is 4.74 Å². The van der Waals surface area contributed by atoms with E-state index >= 15 is 0 Å². The molecule has 0 aliphatic carbocycles. The Morgan fingerprint density at radius 3 is 3.08 bits per heavy atom. The van der Waals surface area contributed by atoms with Gasteiger partial charge in [0.1, 0.15) is 11.6 Å². The van der Waals surface area contributed by atoms with Crippen molar-refractivity contribution in [1.82, 2.24) is 5.32 Å². The summed E-state index contributed by atoms with van der Waals surface area (Å²) in [6.07, 6.45) is -2.12. The Kier molecular flexibility index (Phi) is 1.66. The van der Waals surface area contributed by atoms with Gasteiger partial charge in [0.15, 0.2) is 6.23 Å². The van der Waals surface area contributed by atoms with Crippen molar-refractivity contribution in [3.8, 4) is 5.75 Å². The number of carbonyl (C=O) groups excluding carboxylic acids is 1. The van der Waals surface area contributed by atoms with Gasteiger partial charge in [-0.15, -0.1) is 0 Å². The molecule has 0 spiro atoms. The first kappa shape index (κ1) is 8.00. The van der Waals surface area contributed by atoms with Gasteiger partial charge in [-0.25, -0.2) is 9.18 Å². The monoisotopic (exact) mass is 183 g/mol. The van der Waals surface area contributed by atoms with E-state index < -0.39 is 18.1 Å². The van der Waals surface area contributed by atoms with Gasteiger partial charge in [0.2, 0.25) is 0 Å². The quantitative estimate of drug-likeness (QED) is 0.628. The number of fused-ring (bicyclic) bond motifs is 1. The lowest BCUT2D eigenvalue weighted by molar-refractivity contribution is 0.105. The van der Waals surface area contributed by atoms with Crippen molar-refractivity contribution >= 4 is 6.09 Å². The second-order valence-electron chi connectivity index (χ2n) is 2.59. The van der Waals surface area contributed by atoms with Crippen molar-refractivity contribution < 1.29 is 19.0 Å². The summed E-state index contributed by atoms with van der Waals surface area (Å²) in [5.41, 5.74) is -0.0397. The summed E-state index contributed by atoms with van der Waals surface area (Å²) in [4.78, 5) is 10.7. The molecular weight excluding hydrogens is 177 g/mol. The maximum Gasteiger partial charge on any atom is 0.414 e. The van der Waals surface area contributed by atoms with Gasteiger partial charge in [-0.3, -0.25) is 5.32 Å². The molecule has 68 valence electrons. The van der Waals surface area contributed by atoms with Crippen molar-refractivity contribution in [2.45, 2.75) is 6.23 Å². The highest BCUT2D eigenvalue weighted by atomic mass is 19.1. The van der Waals surface area contributed by atoms with E-state index in [0.29, 0.717) is 0 Å². The molecule has 0 saturated carbocycles. The number of aliphatic hydroxyl groups is 1. The van der Waals surface area contributed by atoms with Crippen LogP contribution < -0.4 is 10.1 Å². The highest BCUT2D eigenvalue weighted by Crippen LogP contribution is 2.29. The summed E-state index contributed by atoms with van der Waals surface area (Å²) in [7, 11) is 0. The molecule has 1 heterocycles. The lowest BCUT2D eigenvalue weighted by Crippen LogP contribution is -2.36. The van der Waals surface area contributed by atoms with Crippen LogP contribution >= 0.6 is 0 Å². The van der Waals surface area contributed by atoms with Gasteiger partial charge in [-0.2, -0.15) is 0 Å². The zero-order chi connectivity index (χ0) is 9.42. The summed E-state index contributed by atoms with van der Waals surface area (Å²) in [5, 5.41) is 11.3. The first-order valence-electron chi connectivity index (χ1n) is 3.63. The second-order valence-corrected chi connectivity index (χ2v) is 2.59. The first-order chi connectivity index (χ1) is 6.18. The minimum absolute atomic E-state index is 0.0397. The van der Waals surface area contributed by atoms with Crippen LogP contribution in [0, 0.1) is 5.82 Å². The number of amides is 1. The Morgan fingerprint density at radius 1 is 1.54 bits per heavy atom. The number of hydrogen-bond acceptors (Lipinski definition) is 3. The van der Waals surface area contributed by atoms with E-state index in [1.54, 1.807) is 0 Å². The van der Waals surface area contributed by atoms with Crippen LogP contribution in [0.3, 0.4) is 0 Å². The molecule has 1 aliphatic heterocycles. The minimum Gasteiger partial charge on any atom is -0.410 e. The molecule has 0 aromatic heterocycles. The van der Waals surface area contributed by atoms with Gasteiger partial charge in [0, 0.05) is 0 Å². The Hall–Kier alpha value is -1.62. The van der Waals surface area contributed by atoms with Gasteiger partial charge in [0.05, 0.1) is 5.56 Å². The van der Waals surface area contributed by atoms with Crippen molar-refractivity contribution in [2.24, 2.45) is 0 Å². The predicted octanol–water partition coefficient (Wildman–Crippen LogP) is 0.919. The summed E-state index contributed by atoms with van der Waals surface area (Å²) >= 11 is 0. The standard InChI is InChI=1S/C8H6FNO3/c9-4-2-1-3-5-6(4)7(11)10-8(12)13-5/h1-3,7,11H,(H,10,12)/t7-/m0/s1. The van der Waals surface area contributed by atoms with Crippen LogP contribution in [0.1, 0.15) is 11.8 Å². The van der Waals surface area contributed by atoms with E-state index in [9.17, 15) is 14.3 Å². The fourth-order valence-corrected chi connectivity index (χ4v) is 1.18. The van der Waals surface area contributed by atoms with Crippen LogP contribution in [-0.2, 0) is 0 Å². The zero-order valence-corrected chi connectivity index (χ0v) is 6.45. The zero-order valence-electron chi connectivity index (χ0n) is 6.45. The van der Waals surface area contributed by atoms with Crippen molar-refractivity contribution in [2.75, 3.05) is 0 Å². The van der Waals surface area contributed by atoms with E-state index in [0.717, 1.165) is 0 Å². The number of aliphatic hydroxyl groups excluding tert-OH is 1. The average molecular weight is 183 g/mol. The van der Waals surface area contributed by atoms with E-state index in [1.807, 2.05) is 5.32 Å². The molecule has 2 N–H and O–H groups in total. The highest BCUT2D eigenvalue weighted by Gasteiger charge is 2.26. The molecular formula is C8H6FNO3. The molecule has 1 aliphatic rings. The Labute approximate surface area is 72.9 Å². The Bertz CT molecular complexity index is 366. The van der Waals surface area contributed by atoms with Gasteiger partial charge in [-0.1, -0.05) is 6.07 Å². The SMILES string of the molecule is O=C1N[C@@H](O)c2c(F)cccc2O1. The molecule has 4 nitrogen and oxygen atoms in total. The highest BCUT2D eigenvalue weighted by molar-refractivity contribution is 5.73. The third-order valence-corrected chi connectivity index (χ3v) is 1.74. The van der Waals surface area contributed by atoms with Crippen molar-refractivity contribution in [3.63, 3.8) is 0 Å². The molecule has 1 aromatic rings. The molecule has 1 atom stereocenters. The topological polar surface area (TPSA) is 58.6 Å². The van der Waals surface area contributed by atoms with E-state index in [4.69, 9.17) is 0 Å². The van der Waals surface area contributed by atoms with Gasteiger partial charge >= 0.3 is 6.09 Å². The number of rotatable bonds is 0. The summed E-state index contributed by atoms with van der Waals surface area (Å²) in [5.74, 6) is -0.554. The molecule has 0 unspecified atom stereocenters. The molecule has 0 fully saturated rings. The van der Waals surface area contributed by atoms with Crippen LogP contribution in [0.25, 0.3) is 0 Å². The average Bonchev–Trinajstić information content (AvgIpc) is 2.02. The normalized spacial score (nSPS) is 20.2. The third-order valence-electron chi connectivity index (χ3n) is 1.74. The molecule has 5 heteroatoms. The maximum absolute atomic E-state index is 13.1. The molecule has 0 radical (unpaired) electrons. The first-order valence-corrected chi connectivity index (χ1v) is 3.63. The molecule has 1 aromatic carbocycles. The van der Waals surface area contributed by atoms with E-state index in [-0.39, 0.29) is 11.3 Å². The summed E-state index contributed by atoms with van der Waals surface area (Å²) < 4.78 is 17.7. The van der Waals surface area contributed by atoms with Gasteiger partial charge in [0.25, 0.3) is 0 Å². The van der Waals surface area contributed by atoms with Crippen LogP contribution in [0.4, 0.5) is 9.18 Å². The van der Waals surface area contributed by atoms with Crippen LogP contribution in [-0.4, -0.2) is 11.2 Å². The Morgan fingerprint density at radius 2 is 2.31 bits per heavy atom. The Balaban J connectivity index is 2.55. The predicted molar refractivity (Wildman–Crippen MR) is 40.5 cm³/mol. The number of halogens is 1. The second kappa shape index (κ2) is 2.70. The van der Waals surface area contributed by atoms with Crippen molar-refractivity contribution in [1.29, 1.82) is 0 Å².